The van der Waals surface area contributed by atoms with Crippen LogP contribution in [0.4, 0.5) is 13.2 Å². The standard InChI is InChI=1S/C15H21F3N4O2/c1-2-6-22-7-3-4-14(13(22)23)5-8-21(10-14)9-11-19-12(20-24-11)15(16,17)18/h2-10H2,1H3/t14-/m0/s1. The minimum atomic E-state index is -4.60. The summed E-state index contributed by atoms with van der Waals surface area (Å²) in [7, 11) is 0. The van der Waals surface area contributed by atoms with Gasteiger partial charge in [0.25, 0.3) is 5.82 Å². The highest BCUT2D eigenvalue weighted by molar-refractivity contribution is 5.84. The van der Waals surface area contributed by atoms with Crippen molar-refractivity contribution in [2.75, 3.05) is 26.2 Å². The maximum Gasteiger partial charge on any atom is 0.455 e. The van der Waals surface area contributed by atoms with Crippen LogP contribution in [0, 0.1) is 5.41 Å². The van der Waals surface area contributed by atoms with Crippen LogP contribution in [-0.4, -0.2) is 52.0 Å². The van der Waals surface area contributed by atoms with Gasteiger partial charge >= 0.3 is 6.18 Å². The molecule has 2 aliphatic heterocycles. The van der Waals surface area contributed by atoms with Gasteiger partial charge in [0.2, 0.25) is 11.8 Å². The molecule has 1 aromatic rings. The summed E-state index contributed by atoms with van der Waals surface area (Å²) in [4.78, 5) is 20.0. The summed E-state index contributed by atoms with van der Waals surface area (Å²) in [5.74, 6) is -1.14. The molecule has 2 aliphatic rings. The molecule has 0 aromatic carbocycles. The van der Waals surface area contributed by atoms with Crippen LogP contribution < -0.4 is 0 Å². The van der Waals surface area contributed by atoms with Crippen LogP contribution in [0.15, 0.2) is 4.52 Å². The Bertz CT molecular complexity index is 602. The van der Waals surface area contributed by atoms with Crippen LogP contribution in [-0.2, 0) is 17.5 Å². The lowest BCUT2D eigenvalue weighted by atomic mass is 9.78. The third-order valence-electron chi connectivity index (χ3n) is 4.83. The number of likely N-dealkylation sites (tertiary alicyclic amines) is 2. The number of amides is 1. The number of piperidine rings is 1. The molecule has 6 nitrogen and oxygen atoms in total. The van der Waals surface area contributed by atoms with Gasteiger partial charge in [-0.1, -0.05) is 12.1 Å². The minimum absolute atomic E-state index is 0.0620. The number of carbonyl (C=O) groups is 1. The molecule has 1 aromatic heterocycles. The molecule has 0 saturated carbocycles. The molecular formula is C15H21F3N4O2. The number of alkyl halides is 3. The summed E-state index contributed by atoms with van der Waals surface area (Å²) < 4.78 is 42.3. The smallest absolute Gasteiger partial charge is 0.342 e. The fourth-order valence-electron chi connectivity index (χ4n) is 3.73. The van der Waals surface area contributed by atoms with Gasteiger partial charge in [-0.15, -0.1) is 0 Å². The van der Waals surface area contributed by atoms with Crippen LogP contribution in [0.3, 0.4) is 0 Å². The number of carbonyl (C=O) groups excluding carboxylic acids is 1. The highest BCUT2D eigenvalue weighted by atomic mass is 19.4. The van der Waals surface area contributed by atoms with E-state index in [0.29, 0.717) is 13.1 Å². The van der Waals surface area contributed by atoms with E-state index < -0.39 is 17.4 Å². The van der Waals surface area contributed by atoms with Crippen LogP contribution in [0.25, 0.3) is 0 Å². The Kier molecular flexibility index (Phi) is 4.54. The molecule has 134 valence electrons. The van der Waals surface area contributed by atoms with Gasteiger partial charge in [-0.05, 0) is 32.2 Å². The van der Waals surface area contributed by atoms with Gasteiger partial charge < -0.3 is 9.42 Å². The lowest BCUT2D eigenvalue weighted by molar-refractivity contribution is -0.146. The summed E-state index contributed by atoms with van der Waals surface area (Å²) >= 11 is 0. The van der Waals surface area contributed by atoms with Crippen molar-refractivity contribution < 1.29 is 22.5 Å². The van der Waals surface area contributed by atoms with E-state index in [1.807, 2.05) is 16.7 Å². The zero-order valence-electron chi connectivity index (χ0n) is 13.6. The molecule has 9 heteroatoms. The van der Waals surface area contributed by atoms with Crippen molar-refractivity contribution >= 4 is 5.91 Å². The first-order valence-corrected chi connectivity index (χ1v) is 8.25. The largest absolute Gasteiger partial charge is 0.455 e. The second-order valence-electron chi connectivity index (χ2n) is 6.65. The summed E-state index contributed by atoms with van der Waals surface area (Å²) in [6.07, 6.45) is -1.15. The molecule has 0 N–H and O–H groups in total. The second kappa shape index (κ2) is 6.34. The van der Waals surface area contributed by atoms with Crippen molar-refractivity contribution in [2.24, 2.45) is 5.41 Å². The maximum atomic E-state index is 12.8. The Balaban J connectivity index is 1.64. The first kappa shape index (κ1) is 17.2. The molecule has 0 aliphatic carbocycles. The summed E-state index contributed by atoms with van der Waals surface area (Å²) in [6.45, 7) is 4.94. The third kappa shape index (κ3) is 3.26. The first-order chi connectivity index (χ1) is 11.3. The summed E-state index contributed by atoms with van der Waals surface area (Å²) in [6, 6.07) is 0. The normalized spacial score (nSPS) is 25.8. The molecule has 1 atom stereocenters. The predicted molar refractivity (Wildman–Crippen MR) is 77.7 cm³/mol. The Hall–Kier alpha value is -1.64. The Morgan fingerprint density at radius 3 is 2.75 bits per heavy atom. The van der Waals surface area contributed by atoms with E-state index in [0.717, 1.165) is 38.8 Å². The number of hydrogen-bond donors (Lipinski definition) is 0. The molecular weight excluding hydrogens is 325 g/mol. The molecule has 24 heavy (non-hydrogen) atoms. The number of nitrogens with zero attached hydrogens (tertiary/aromatic N) is 4. The van der Waals surface area contributed by atoms with Gasteiger partial charge in [0.05, 0.1) is 12.0 Å². The van der Waals surface area contributed by atoms with Crippen molar-refractivity contribution in [1.82, 2.24) is 19.9 Å². The van der Waals surface area contributed by atoms with Gasteiger partial charge in [0.1, 0.15) is 0 Å². The Morgan fingerprint density at radius 2 is 2.08 bits per heavy atom. The summed E-state index contributed by atoms with van der Waals surface area (Å²) in [5, 5.41) is 2.97. The van der Waals surface area contributed by atoms with E-state index in [2.05, 4.69) is 10.1 Å². The Morgan fingerprint density at radius 1 is 1.29 bits per heavy atom. The second-order valence-corrected chi connectivity index (χ2v) is 6.65. The van der Waals surface area contributed by atoms with E-state index in [-0.39, 0.29) is 18.3 Å². The van der Waals surface area contributed by atoms with Crippen molar-refractivity contribution in [3.63, 3.8) is 0 Å². The van der Waals surface area contributed by atoms with Crippen LogP contribution in [0.2, 0.25) is 0 Å². The highest BCUT2D eigenvalue weighted by Gasteiger charge is 2.48. The fourth-order valence-corrected chi connectivity index (χ4v) is 3.73. The third-order valence-corrected chi connectivity index (χ3v) is 4.83. The Labute approximate surface area is 138 Å². The van der Waals surface area contributed by atoms with E-state index in [1.165, 1.54) is 0 Å². The highest BCUT2D eigenvalue weighted by Crippen LogP contribution is 2.40. The average molecular weight is 346 g/mol. The molecule has 1 amide bonds. The topological polar surface area (TPSA) is 62.5 Å². The fraction of sp³-hybridized carbons (Fsp3) is 0.800. The van der Waals surface area contributed by atoms with Crippen molar-refractivity contribution in [3.05, 3.63) is 11.7 Å². The molecule has 0 radical (unpaired) electrons. The average Bonchev–Trinajstić information content (AvgIpc) is 3.13. The van der Waals surface area contributed by atoms with Crippen LogP contribution in [0.5, 0.6) is 0 Å². The first-order valence-electron chi connectivity index (χ1n) is 8.25. The van der Waals surface area contributed by atoms with Gasteiger partial charge in [0, 0.05) is 19.6 Å². The molecule has 0 bridgehead atoms. The van der Waals surface area contributed by atoms with Crippen LogP contribution in [0.1, 0.15) is 44.3 Å². The number of rotatable bonds is 4. The van der Waals surface area contributed by atoms with Crippen molar-refractivity contribution in [1.29, 1.82) is 0 Å². The number of hydrogen-bond acceptors (Lipinski definition) is 5. The van der Waals surface area contributed by atoms with Crippen LogP contribution >= 0.6 is 0 Å². The zero-order valence-corrected chi connectivity index (χ0v) is 13.6. The van der Waals surface area contributed by atoms with E-state index >= 15 is 0 Å². The monoisotopic (exact) mass is 346 g/mol. The molecule has 1 spiro atoms. The van der Waals surface area contributed by atoms with Crippen molar-refractivity contribution in [3.8, 4) is 0 Å². The van der Waals surface area contributed by atoms with E-state index in [9.17, 15) is 18.0 Å². The summed E-state index contributed by atoms with van der Waals surface area (Å²) in [5.41, 5.74) is -0.402. The molecule has 0 unspecified atom stereocenters. The lowest BCUT2D eigenvalue weighted by Gasteiger charge is -2.39. The van der Waals surface area contributed by atoms with Gasteiger partial charge in [-0.3, -0.25) is 9.69 Å². The van der Waals surface area contributed by atoms with Gasteiger partial charge in [-0.25, -0.2) is 0 Å². The lowest BCUT2D eigenvalue weighted by Crippen LogP contribution is -2.50. The SMILES string of the molecule is CCCN1CCC[C@@]2(CCN(Cc3nc(C(F)(F)F)no3)C2)C1=O. The van der Waals surface area contributed by atoms with E-state index in [4.69, 9.17) is 4.52 Å². The number of halogens is 3. The van der Waals surface area contributed by atoms with Gasteiger partial charge in [-0.2, -0.15) is 18.2 Å². The van der Waals surface area contributed by atoms with Crippen molar-refractivity contribution in [2.45, 2.75) is 45.3 Å². The number of aromatic nitrogens is 2. The zero-order chi connectivity index (χ0) is 17.4. The molecule has 3 heterocycles. The molecule has 2 saturated heterocycles. The molecule has 3 rings (SSSR count). The maximum absolute atomic E-state index is 12.8. The van der Waals surface area contributed by atoms with Gasteiger partial charge in [0.15, 0.2) is 0 Å². The van der Waals surface area contributed by atoms with E-state index in [1.54, 1.807) is 0 Å². The molecule has 2 fully saturated rings. The predicted octanol–water partition coefficient (Wildman–Crippen LogP) is 2.31. The minimum Gasteiger partial charge on any atom is -0.342 e. The quantitative estimate of drug-likeness (QED) is 0.837.